The summed E-state index contributed by atoms with van der Waals surface area (Å²) in [7, 11) is 0. The Morgan fingerprint density at radius 1 is 1.38 bits per heavy atom. The van der Waals surface area contributed by atoms with Crippen LogP contribution in [-0.4, -0.2) is 52.3 Å². The molecular formula is C15H17NO5. The molecule has 1 fully saturated rings. The van der Waals surface area contributed by atoms with E-state index in [0.717, 1.165) is 0 Å². The van der Waals surface area contributed by atoms with Crippen LogP contribution >= 0.6 is 0 Å². The van der Waals surface area contributed by atoms with E-state index in [4.69, 9.17) is 9.84 Å². The van der Waals surface area contributed by atoms with Gasteiger partial charge in [-0.05, 0) is 24.3 Å². The summed E-state index contributed by atoms with van der Waals surface area (Å²) in [5, 5.41) is 18.7. The molecule has 1 saturated heterocycles. The van der Waals surface area contributed by atoms with E-state index in [1.54, 1.807) is 30.3 Å². The minimum atomic E-state index is -1.11. The molecule has 1 aliphatic rings. The molecular weight excluding hydrogens is 274 g/mol. The summed E-state index contributed by atoms with van der Waals surface area (Å²) in [5.74, 6) is -0.914. The number of amides is 1. The first kappa shape index (κ1) is 15.1. The number of likely N-dealkylation sites (tertiary alicyclic amines) is 1. The van der Waals surface area contributed by atoms with E-state index in [9.17, 15) is 14.7 Å². The van der Waals surface area contributed by atoms with Gasteiger partial charge >= 0.3 is 5.97 Å². The van der Waals surface area contributed by atoms with Gasteiger partial charge in [-0.25, -0.2) is 4.79 Å². The lowest BCUT2D eigenvalue weighted by Crippen LogP contribution is -2.40. The molecule has 0 aliphatic carbocycles. The molecule has 0 bridgehead atoms. The summed E-state index contributed by atoms with van der Waals surface area (Å²) in [6.45, 7) is 3.94. The van der Waals surface area contributed by atoms with Crippen molar-refractivity contribution in [2.45, 2.75) is 18.6 Å². The Bertz CT molecular complexity index is 539. The maximum absolute atomic E-state index is 12.3. The summed E-state index contributed by atoms with van der Waals surface area (Å²) >= 11 is 0. The number of carbonyl (C=O) groups is 2. The fourth-order valence-corrected chi connectivity index (χ4v) is 2.29. The molecule has 6 nitrogen and oxygen atoms in total. The molecule has 0 radical (unpaired) electrons. The van der Waals surface area contributed by atoms with Gasteiger partial charge in [0.25, 0.3) is 5.91 Å². The molecule has 2 unspecified atom stereocenters. The second kappa shape index (κ2) is 6.41. The van der Waals surface area contributed by atoms with Gasteiger partial charge in [-0.3, -0.25) is 4.79 Å². The molecule has 1 amide bonds. The fraction of sp³-hybridized carbons (Fsp3) is 0.333. The molecule has 0 saturated carbocycles. The largest absolute Gasteiger partial charge is 0.490 e. The first-order valence-corrected chi connectivity index (χ1v) is 6.58. The van der Waals surface area contributed by atoms with Gasteiger partial charge in [0.05, 0.1) is 6.10 Å². The van der Waals surface area contributed by atoms with Gasteiger partial charge in [0, 0.05) is 18.5 Å². The first-order valence-electron chi connectivity index (χ1n) is 6.58. The smallest absolute Gasteiger partial charge is 0.326 e. The Balaban J connectivity index is 2.12. The standard InChI is InChI=1S/C15H17NO5/c1-2-7-21-12-5-3-10(4-6-12)14(18)16-9-11(17)8-13(16)15(19)20/h2-6,11,13,17H,1,7-9H2,(H,19,20). The van der Waals surface area contributed by atoms with Gasteiger partial charge in [-0.15, -0.1) is 0 Å². The first-order chi connectivity index (χ1) is 10.0. The minimum Gasteiger partial charge on any atom is -0.490 e. The molecule has 0 spiro atoms. The van der Waals surface area contributed by atoms with Crippen molar-refractivity contribution in [3.8, 4) is 5.75 Å². The number of hydrogen-bond acceptors (Lipinski definition) is 4. The van der Waals surface area contributed by atoms with Crippen molar-refractivity contribution in [1.82, 2.24) is 4.90 Å². The van der Waals surface area contributed by atoms with Crippen LogP contribution in [0.15, 0.2) is 36.9 Å². The van der Waals surface area contributed by atoms with Crippen molar-refractivity contribution >= 4 is 11.9 Å². The quantitative estimate of drug-likeness (QED) is 0.787. The molecule has 6 heteroatoms. The Labute approximate surface area is 122 Å². The Morgan fingerprint density at radius 2 is 2.05 bits per heavy atom. The second-order valence-electron chi connectivity index (χ2n) is 4.83. The van der Waals surface area contributed by atoms with Crippen LogP contribution < -0.4 is 4.74 Å². The molecule has 2 rings (SSSR count). The average molecular weight is 291 g/mol. The number of carbonyl (C=O) groups excluding carboxylic acids is 1. The van der Waals surface area contributed by atoms with Crippen LogP contribution in [0.5, 0.6) is 5.75 Å². The van der Waals surface area contributed by atoms with Gasteiger partial charge in [0.2, 0.25) is 0 Å². The van der Waals surface area contributed by atoms with E-state index in [1.807, 2.05) is 0 Å². The third kappa shape index (κ3) is 3.41. The van der Waals surface area contributed by atoms with Gasteiger partial charge in [-0.2, -0.15) is 0 Å². The Kier molecular flexibility index (Phi) is 4.59. The van der Waals surface area contributed by atoms with Crippen molar-refractivity contribution in [2.75, 3.05) is 13.2 Å². The van der Waals surface area contributed by atoms with Crippen LogP contribution in [0.25, 0.3) is 0 Å². The second-order valence-corrected chi connectivity index (χ2v) is 4.83. The molecule has 2 N–H and O–H groups in total. The van der Waals surface area contributed by atoms with Crippen LogP contribution in [0.2, 0.25) is 0 Å². The lowest BCUT2D eigenvalue weighted by molar-refractivity contribution is -0.141. The molecule has 2 atom stereocenters. The molecule has 1 aromatic rings. The maximum Gasteiger partial charge on any atom is 0.326 e. The fourth-order valence-electron chi connectivity index (χ4n) is 2.29. The molecule has 21 heavy (non-hydrogen) atoms. The summed E-state index contributed by atoms with van der Waals surface area (Å²) in [6, 6.07) is 5.44. The predicted octanol–water partition coefficient (Wildman–Crippen LogP) is 0.911. The number of rotatable bonds is 5. The number of aliphatic hydroxyl groups is 1. The number of carboxylic acid groups (broad SMARTS) is 1. The summed E-state index contributed by atoms with van der Waals surface area (Å²) in [5.41, 5.74) is 0.362. The number of nitrogens with zero attached hydrogens (tertiary/aromatic N) is 1. The van der Waals surface area contributed by atoms with Gasteiger partial charge in [0.15, 0.2) is 0 Å². The molecule has 1 aliphatic heterocycles. The van der Waals surface area contributed by atoms with Crippen LogP contribution in [-0.2, 0) is 4.79 Å². The number of ether oxygens (including phenoxy) is 1. The highest BCUT2D eigenvalue weighted by molar-refractivity contribution is 5.97. The topological polar surface area (TPSA) is 87.1 Å². The maximum atomic E-state index is 12.3. The van der Waals surface area contributed by atoms with Crippen LogP contribution in [0, 0.1) is 0 Å². The summed E-state index contributed by atoms with van der Waals surface area (Å²) in [6.07, 6.45) is 0.870. The zero-order valence-electron chi connectivity index (χ0n) is 11.4. The van der Waals surface area contributed by atoms with Gasteiger partial charge < -0.3 is 19.8 Å². The van der Waals surface area contributed by atoms with E-state index in [-0.39, 0.29) is 13.0 Å². The van der Waals surface area contributed by atoms with Gasteiger partial charge in [-0.1, -0.05) is 12.7 Å². The summed E-state index contributed by atoms with van der Waals surface area (Å²) in [4.78, 5) is 24.6. The predicted molar refractivity (Wildman–Crippen MR) is 75.2 cm³/mol. The molecule has 1 aromatic carbocycles. The highest BCUT2D eigenvalue weighted by Crippen LogP contribution is 2.22. The van der Waals surface area contributed by atoms with Crippen LogP contribution in [0.4, 0.5) is 0 Å². The third-order valence-corrected chi connectivity index (χ3v) is 3.29. The van der Waals surface area contributed by atoms with Crippen molar-refractivity contribution in [3.05, 3.63) is 42.5 Å². The van der Waals surface area contributed by atoms with E-state index >= 15 is 0 Å². The lowest BCUT2D eigenvalue weighted by atomic mass is 10.1. The number of carboxylic acids is 1. The van der Waals surface area contributed by atoms with Crippen molar-refractivity contribution in [2.24, 2.45) is 0 Å². The minimum absolute atomic E-state index is 0.0323. The van der Waals surface area contributed by atoms with Gasteiger partial charge in [0.1, 0.15) is 18.4 Å². The van der Waals surface area contributed by atoms with Crippen molar-refractivity contribution in [3.63, 3.8) is 0 Å². The van der Waals surface area contributed by atoms with E-state index in [2.05, 4.69) is 6.58 Å². The Morgan fingerprint density at radius 3 is 2.62 bits per heavy atom. The van der Waals surface area contributed by atoms with Crippen LogP contribution in [0.1, 0.15) is 16.8 Å². The molecule has 112 valence electrons. The summed E-state index contributed by atoms with van der Waals surface area (Å²) < 4.78 is 5.31. The monoisotopic (exact) mass is 291 g/mol. The third-order valence-electron chi connectivity index (χ3n) is 3.29. The zero-order chi connectivity index (χ0) is 15.4. The van der Waals surface area contributed by atoms with Crippen LogP contribution in [0.3, 0.4) is 0 Å². The molecule has 1 heterocycles. The Hall–Kier alpha value is -2.34. The highest BCUT2D eigenvalue weighted by atomic mass is 16.5. The SMILES string of the molecule is C=CCOc1ccc(C(=O)N2CC(O)CC2C(=O)O)cc1. The zero-order valence-corrected chi connectivity index (χ0v) is 11.4. The van der Waals surface area contributed by atoms with E-state index in [1.165, 1.54) is 4.90 Å². The molecule has 0 aromatic heterocycles. The number of aliphatic carboxylic acids is 1. The highest BCUT2D eigenvalue weighted by Gasteiger charge is 2.39. The number of hydrogen-bond donors (Lipinski definition) is 2. The van der Waals surface area contributed by atoms with Crippen molar-refractivity contribution < 1.29 is 24.5 Å². The number of aliphatic hydroxyl groups excluding tert-OH is 1. The normalized spacial score (nSPS) is 21.1. The number of benzene rings is 1. The van der Waals surface area contributed by atoms with E-state index < -0.39 is 24.0 Å². The van der Waals surface area contributed by atoms with Crippen molar-refractivity contribution in [1.29, 1.82) is 0 Å². The average Bonchev–Trinajstić information content (AvgIpc) is 2.87. The van der Waals surface area contributed by atoms with E-state index in [0.29, 0.717) is 17.9 Å². The lowest BCUT2D eigenvalue weighted by Gasteiger charge is -2.21. The number of β-amino-alcohol motifs (C(OH)–C–C–N with tert-alkyl or cyclic N) is 1.